The van der Waals surface area contributed by atoms with Gasteiger partial charge in [-0.2, -0.15) is 0 Å². The highest BCUT2D eigenvalue weighted by molar-refractivity contribution is 5.86. The zero-order valence-electron chi connectivity index (χ0n) is 10.2. The summed E-state index contributed by atoms with van der Waals surface area (Å²) in [5.74, 6) is 3.47. The average molecular weight is 222 g/mol. The van der Waals surface area contributed by atoms with Gasteiger partial charge in [-0.25, -0.2) is 0 Å². The van der Waals surface area contributed by atoms with Gasteiger partial charge in [-0.15, -0.1) is 0 Å². The summed E-state index contributed by atoms with van der Waals surface area (Å²) in [4.78, 5) is 12.0. The SMILES string of the molecule is CCC(C)(N)C(=O)NC1C2C3CCC(C3)C12. The lowest BCUT2D eigenvalue weighted by atomic mass is 9.99. The molecular formula is C13H22N2O. The van der Waals surface area contributed by atoms with Gasteiger partial charge in [0.1, 0.15) is 0 Å². The van der Waals surface area contributed by atoms with E-state index in [9.17, 15) is 4.79 Å². The summed E-state index contributed by atoms with van der Waals surface area (Å²) in [6.07, 6.45) is 4.92. The molecule has 0 aromatic heterocycles. The predicted molar refractivity (Wildman–Crippen MR) is 62.6 cm³/mol. The Hall–Kier alpha value is -0.570. The third-order valence-corrected chi connectivity index (χ3v) is 5.29. The van der Waals surface area contributed by atoms with Gasteiger partial charge in [0, 0.05) is 6.04 Å². The van der Waals surface area contributed by atoms with Crippen molar-refractivity contribution < 1.29 is 4.79 Å². The minimum Gasteiger partial charge on any atom is -0.351 e. The number of nitrogens with one attached hydrogen (secondary N) is 1. The highest BCUT2D eigenvalue weighted by Gasteiger charge is 2.65. The van der Waals surface area contributed by atoms with Crippen LogP contribution in [0.5, 0.6) is 0 Å². The van der Waals surface area contributed by atoms with Crippen molar-refractivity contribution in [2.45, 2.75) is 51.1 Å². The van der Waals surface area contributed by atoms with E-state index >= 15 is 0 Å². The molecule has 0 spiro atoms. The van der Waals surface area contributed by atoms with E-state index in [4.69, 9.17) is 5.73 Å². The van der Waals surface area contributed by atoms with Gasteiger partial charge in [0.2, 0.25) is 5.91 Å². The Morgan fingerprint density at radius 3 is 2.44 bits per heavy atom. The first kappa shape index (κ1) is 10.6. The fourth-order valence-corrected chi connectivity index (χ4v) is 4.00. The second kappa shape index (κ2) is 3.22. The molecule has 0 aliphatic heterocycles. The number of nitrogens with two attached hydrogens (primary N) is 1. The monoisotopic (exact) mass is 222 g/mol. The molecule has 0 aromatic carbocycles. The molecule has 3 rings (SSSR count). The summed E-state index contributed by atoms with van der Waals surface area (Å²) in [7, 11) is 0. The molecule has 16 heavy (non-hydrogen) atoms. The van der Waals surface area contributed by atoms with Crippen molar-refractivity contribution in [1.29, 1.82) is 0 Å². The Morgan fingerprint density at radius 2 is 1.94 bits per heavy atom. The molecule has 3 nitrogen and oxygen atoms in total. The van der Waals surface area contributed by atoms with Crippen molar-refractivity contribution in [3.05, 3.63) is 0 Å². The van der Waals surface area contributed by atoms with Crippen LogP contribution in [-0.4, -0.2) is 17.5 Å². The minimum atomic E-state index is -0.685. The molecule has 1 amide bonds. The Labute approximate surface area is 97.2 Å². The van der Waals surface area contributed by atoms with Crippen LogP contribution >= 0.6 is 0 Å². The Balaban J connectivity index is 1.61. The summed E-state index contributed by atoms with van der Waals surface area (Å²) in [5, 5.41) is 3.18. The Bertz CT molecular complexity index is 310. The van der Waals surface area contributed by atoms with E-state index in [0.29, 0.717) is 12.5 Å². The lowest BCUT2D eigenvalue weighted by Crippen LogP contribution is -2.52. The maximum absolute atomic E-state index is 12.0. The summed E-state index contributed by atoms with van der Waals surface area (Å²) >= 11 is 0. The van der Waals surface area contributed by atoms with Crippen molar-refractivity contribution in [2.75, 3.05) is 0 Å². The zero-order valence-corrected chi connectivity index (χ0v) is 10.2. The molecule has 2 bridgehead atoms. The first-order valence-electron chi connectivity index (χ1n) is 6.64. The summed E-state index contributed by atoms with van der Waals surface area (Å²) in [6, 6.07) is 0.466. The van der Waals surface area contributed by atoms with E-state index < -0.39 is 5.54 Å². The van der Waals surface area contributed by atoms with E-state index in [1.54, 1.807) is 0 Å². The van der Waals surface area contributed by atoms with Crippen molar-refractivity contribution >= 4 is 5.91 Å². The van der Waals surface area contributed by atoms with Crippen LogP contribution in [0, 0.1) is 23.7 Å². The molecule has 0 aromatic rings. The van der Waals surface area contributed by atoms with Crippen LogP contribution < -0.4 is 11.1 Å². The van der Waals surface area contributed by atoms with Gasteiger partial charge >= 0.3 is 0 Å². The lowest BCUT2D eigenvalue weighted by molar-refractivity contribution is -0.126. The molecule has 0 saturated heterocycles. The molecule has 3 heteroatoms. The first-order valence-corrected chi connectivity index (χ1v) is 6.64. The third-order valence-electron chi connectivity index (χ3n) is 5.29. The van der Waals surface area contributed by atoms with E-state index in [0.717, 1.165) is 23.7 Å². The molecule has 5 unspecified atom stereocenters. The Kier molecular flexibility index (Phi) is 2.13. The quantitative estimate of drug-likeness (QED) is 0.755. The minimum absolute atomic E-state index is 0.0498. The topological polar surface area (TPSA) is 55.1 Å². The smallest absolute Gasteiger partial charge is 0.240 e. The number of carbonyl (C=O) groups excluding carboxylic acids is 1. The predicted octanol–water partition coefficient (Wildman–Crippen LogP) is 1.27. The largest absolute Gasteiger partial charge is 0.351 e. The van der Waals surface area contributed by atoms with Gasteiger partial charge in [-0.05, 0) is 56.3 Å². The average Bonchev–Trinajstić information content (AvgIpc) is 2.68. The van der Waals surface area contributed by atoms with Crippen molar-refractivity contribution in [1.82, 2.24) is 5.32 Å². The van der Waals surface area contributed by atoms with Crippen LogP contribution in [-0.2, 0) is 4.79 Å². The van der Waals surface area contributed by atoms with Gasteiger partial charge in [-0.3, -0.25) is 4.79 Å². The standard InChI is InChI=1S/C13H22N2O/c1-3-13(2,14)12(16)15-11-9-7-4-5-8(6-7)10(9)11/h7-11H,3-6,14H2,1-2H3,(H,15,16). The van der Waals surface area contributed by atoms with Crippen molar-refractivity contribution in [3.8, 4) is 0 Å². The van der Waals surface area contributed by atoms with E-state index in [1.807, 2.05) is 13.8 Å². The Morgan fingerprint density at radius 1 is 1.38 bits per heavy atom. The van der Waals surface area contributed by atoms with Gasteiger partial charge in [0.15, 0.2) is 0 Å². The van der Waals surface area contributed by atoms with Crippen LogP contribution in [0.1, 0.15) is 39.5 Å². The first-order chi connectivity index (χ1) is 7.54. The van der Waals surface area contributed by atoms with Crippen LogP contribution in [0.2, 0.25) is 0 Å². The van der Waals surface area contributed by atoms with Crippen LogP contribution in [0.4, 0.5) is 0 Å². The van der Waals surface area contributed by atoms with Gasteiger partial charge in [0.05, 0.1) is 5.54 Å². The molecule has 3 saturated carbocycles. The van der Waals surface area contributed by atoms with E-state index in [1.165, 1.54) is 19.3 Å². The highest BCUT2D eigenvalue weighted by Crippen LogP contribution is 2.65. The molecule has 3 aliphatic carbocycles. The molecule has 0 heterocycles. The van der Waals surface area contributed by atoms with Crippen LogP contribution in [0.3, 0.4) is 0 Å². The molecule has 3 fully saturated rings. The van der Waals surface area contributed by atoms with Crippen molar-refractivity contribution in [3.63, 3.8) is 0 Å². The number of hydrogen-bond donors (Lipinski definition) is 2. The number of carbonyl (C=O) groups is 1. The second-order valence-corrected chi connectivity index (χ2v) is 6.26. The maximum atomic E-state index is 12.0. The molecule has 0 radical (unpaired) electrons. The molecule has 3 aliphatic rings. The molecule has 5 atom stereocenters. The molecular weight excluding hydrogens is 200 g/mol. The number of hydrogen-bond acceptors (Lipinski definition) is 2. The number of rotatable bonds is 3. The van der Waals surface area contributed by atoms with E-state index in [2.05, 4.69) is 5.32 Å². The van der Waals surface area contributed by atoms with Gasteiger partial charge < -0.3 is 11.1 Å². The fourth-order valence-electron chi connectivity index (χ4n) is 4.00. The maximum Gasteiger partial charge on any atom is 0.240 e. The van der Waals surface area contributed by atoms with Crippen molar-refractivity contribution in [2.24, 2.45) is 29.4 Å². The van der Waals surface area contributed by atoms with Gasteiger partial charge in [-0.1, -0.05) is 6.92 Å². The van der Waals surface area contributed by atoms with Crippen LogP contribution in [0.25, 0.3) is 0 Å². The van der Waals surface area contributed by atoms with E-state index in [-0.39, 0.29) is 5.91 Å². The zero-order chi connectivity index (χ0) is 11.5. The van der Waals surface area contributed by atoms with Crippen LogP contribution in [0.15, 0.2) is 0 Å². The van der Waals surface area contributed by atoms with Gasteiger partial charge in [0.25, 0.3) is 0 Å². The summed E-state index contributed by atoms with van der Waals surface area (Å²) in [6.45, 7) is 3.80. The molecule has 90 valence electrons. The fraction of sp³-hybridized carbons (Fsp3) is 0.923. The normalized spacial score (nSPS) is 47.3. The number of fused-ring (bicyclic) bond motifs is 5. The number of amides is 1. The lowest BCUT2D eigenvalue weighted by Gasteiger charge is -2.22. The third kappa shape index (κ3) is 1.33. The highest BCUT2D eigenvalue weighted by atomic mass is 16.2. The second-order valence-electron chi connectivity index (χ2n) is 6.26. The summed E-state index contributed by atoms with van der Waals surface area (Å²) < 4.78 is 0. The molecule has 3 N–H and O–H groups in total. The summed E-state index contributed by atoms with van der Waals surface area (Å²) in [5.41, 5.74) is 5.27.